The lowest BCUT2D eigenvalue weighted by Gasteiger charge is -2.10. The molecule has 1 amide bonds. The number of rotatable bonds is 9. The molecule has 2 aromatic carbocycles. The molecule has 0 unspecified atom stereocenters. The summed E-state index contributed by atoms with van der Waals surface area (Å²) in [6.07, 6.45) is 2.05. The highest BCUT2D eigenvalue weighted by Crippen LogP contribution is 2.19. The highest BCUT2D eigenvalue weighted by molar-refractivity contribution is 5.93. The van der Waals surface area contributed by atoms with Crippen LogP contribution in [0, 0.1) is 0 Å². The fourth-order valence-electron chi connectivity index (χ4n) is 2.14. The van der Waals surface area contributed by atoms with E-state index in [0.29, 0.717) is 23.6 Å². The second kappa shape index (κ2) is 10.1. The summed E-state index contributed by atoms with van der Waals surface area (Å²) in [4.78, 5) is 23.4. The van der Waals surface area contributed by atoms with E-state index in [9.17, 15) is 9.59 Å². The molecule has 0 fully saturated rings. The summed E-state index contributed by atoms with van der Waals surface area (Å²) in [6.45, 7) is 2.63. The molecule has 0 spiro atoms. The second-order valence-corrected chi connectivity index (χ2v) is 5.58. The number of benzene rings is 2. The molecule has 0 atom stereocenters. The van der Waals surface area contributed by atoms with Crippen molar-refractivity contribution in [3.8, 4) is 11.5 Å². The van der Waals surface area contributed by atoms with Gasteiger partial charge >= 0.3 is 5.97 Å². The Bertz CT molecular complexity index is 727. The topological polar surface area (TPSA) is 73.9 Å². The fraction of sp³-hybridized carbons (Fsp3) is 0.300. The van der Waals surface area contributed by atoms with Crippen LogP contribution in [0.5, 0.6) is 11.5 Å². The van der Waals surface area contributed by atoms with Gasteiger partial charge in [0.25, 0.3) is 5.91 Å². The summed E-state index contributed by atoms with van der Waals surface area (Å²) < 4.78 is 15.7. The normalized spacial score (nSPS) is 10.1. The van der Waals surface area contributed by atoms with Crippen LogP contribution in [0.25, 0.3) is 0 Å². The molecule has 0 saturated carbocycles. The van der Waals surface area contributed by atoms with E-state index >= 15 is 0 Å². The minimum absolute atomic E-state index is 0.128. The Labute approximate surface area is 153 Å². The van der Waals surface area contributed by atoms with Crippen molar-refractivity contribution < 1.29 is 23.8 Å². The molecule has 1 N–H and O–H groups in total. The highest BCUT2D eigenvalue weighted by Gasteiger charge is 2.07. The highest BCUT2D eigenvalue weighted by atomic mass is 16.5. The van der Waals surface area contributed by atoms with Crippen LogP contribution >= 0.6 is 0 Å². The molecule has 0 saturated heterocycles. The van der Waals surface area contributed by atoms with Gasteiger partial charge in [-0.05, 0) is 42.8 Å². The minimum Gasteiger partial charge on any atom is -0.493 e. The predicted octanol–water partition coefficient (Wildman–Crippen LogP) is 3.67. The minimum atomic E-state index is -0.424. The van der Waals surface area contributed by atoms with Gasteiger partial charge in [-0.1, -0.05) is 19.4 Å². The van der Waals surface area contributed by atoms with E-state index in [2.05, 4.69) is 17.0 Å². The third-order valence-electron chi connectivity index (χ3n) is 3.53. The number of anilines is 1. The van der Waals surface area contributed by atoms with Crippen LogP contribution in [0.3, 0.4) is 0 Å². The van der Waals surface area contributed by atoms with Crippen molar-refractivity contribution in [1.29, 1.82) is 0 Å². The van der Waals surface area contributed by atoms with Gasteiger partial charge in [-0.3, -0.25) is 4.79 Å². The standard InChI is InChI=1S/C20H23NO5/c1-3-4-12-25-17-6-5-7-18(13-17)26-14-19(22)21-16-10-8-15(9-11-16)20(23)24-2/h5-11,13H,3-4,12,14H2,1-2H3,(H,21,22). The summed E-state index contributed by atoms with van der Waals surface area (Å²) >= 11 is 0. The van der Waals surface area contributed by atoms with Crippen LogP contribution < -0.4 is 14.8 Å². The SMILES string of the molecule is CCCCOc1cccc(OCC(=O)Nc2ccc(C(=O)OC)cc2)c1. The fourth-order valence-corrected chi connectivity index (χ4v) is 2.14. The largest absolute Gasteiger partial charge is 0.493 e. The predicted molar refractivity (Wildman–Crippen MR) is 98.8 cm³/mol. The van der Waals surface area contributed by atoms with Crippen molar-refractivity contribution in [2.45, 2.75) is 19.8 Å². The number of nitrogens with one attached hydrogen (secondary N) is 1. The molecule has 26 heavy (non-hydrogen) atoms. The summed E-state index contributed by atoms with van der Waals surface area (Å²) in [5.74, 6) is 0.560. The van der Waals surface area contributed by atoms with Crippen molar-refractivity contribution in [1.82, 2.24) is 0 Å². The molecule has 0 bridgehead atoms. The van der Waals surface area contributed by atoms with E-state index in [-0.39, 0.29) is 12.5 Å². The quantitative estimate of drug-likeness (QED) is 0.547. The summed E-state index contributed by atoms with van der Waals surface area (Å²) in [6, 6.07) is 13.6. The first kappa shape index (κ1) is 19.3. The number of carbonyl (C=O) groups excluding carboxylic acids is 2. The average molecular weight is 357 g/mol. The Balaban J connectivity index is 1.83. The zero-order valence-corrected chi connectivity index (χ0v) is 15.0. The molecular formula is C20H23NO5. The third-order valence-corrected chi connectivity index (χ3v) is 3.53. The molecule has 138 valence electrons. The molecule has 0 radical (unpaired) electrons. The number of methoxy groups -OCH3 is 1. The van der Waals surface area contributed by atoms with Crippen LogP contribution in [-0.2, 0) is 9.53 Å². The van der Waals surface area contributed by atoms with Gasteiger partial charge < -0.3 is 19.5 Å². The summed E-state index contributed by atoms with van der Waals surface area (Å²) in [7, 11) is 1.32. The molecule has 2 aromatic rings. The van der Waals surface area contributed by atoms with E-state index in [1.165, 1.54) is 7.11 Å². The molecule has 6 nitrogen and oxygen atoms in total. The van der Waals surface area contributed by atoms with Gasteiger partial charge in [-0.25, -0.2) is 4.79 Å². The first-order chi connectivity index (χ1) is 12.6. The van der Waals surface area contributed by atoms with E-state index in [0.717, 1.165) is 18.6 Å². The maximum atomic E-state index is 12.0. The third kappa shape index (κ3) is 6.12. The Hall–Kier alpha value is -3.02. The van der Waals surface area contributed by atoms with Gasteiger partial charge in [0.1, 0.15) is 11.5 Å². The van der Waals surface area contributed by atoms with Crippen molar-refractivity contribution in [2.75, 3.05) is 25.6 Å². The van der Waals surface area contributed by atoms with Crippen LogP contribution in [0.4, 0.5) is 5.69 Å². The Morgan fingerprint density at radius 1 is 1.00 bits per heavy atom. The lowest BCUT2D eigenvalue weighted by molar-refractivity contribution is -0.118. The number of hydrogen-bond acceptors (Lipinski definition) is 5. The first-order valence-corrected chi connectivity index (χ1v) is 8.46. The molecule has 0 aliphatic carbocycles. The van der Waals surface area contributed by atoms with Crippen molar-refractivity contribution in [3.05, 3.63) is 54.1 Å². The number of ether oxygens (including phenoxy) is 3. The Morgan fingerprint density at radius 3 is 2.35 bits per heavy atom. The van der Waals surface area contributed by atoms with Crippen LogP contribution in [-0.4, -0.2) is 32.2 Å². The van der Waals surface area contributed by atoms with Crippen molar-refractivity contribution in [2.24, 2.45) is 0 Å². The lowest BCUT2D eigenvalue weighted by Crippen LogP contribution is -2.20. The molecule has 0 aromatic heterocycles. The first-order valence-electron chi connectivity index (χ1n) is 8.46. The second-order valence-electron chi connectivity index (χ2n) is 5.58. The van der Waals surface area contributed by atoms with E-state index in [1.54, 1.807) is 36.4 Å². The molecule has 0 heterocycles. The molecule has 0 aliphatic heterocycles. The van der Waals surface area contributed by atoms with Gasteiger partial charge in [-0.2, -0.15) is 0 Å². The number of hydrogen-bond donors (Lipinski definition) is 1. The van der Waals surface area contributed by atoms with Gasteiger partial charge in [0.15, 0.2) is 6.61 Å². The Kier molecular flexibility index (Phi) is 7.49. The van der Waals surface area contributed by atoms with E-state index in [1.807, 2.05) is 12.1 Å². The van der Waals surface area contributed by atoms with Crippen molar-refractivity contribution >= 4 is 17.6 Å². The summed E-state index contributed by atoms with van der Waals surface area (Å²) in [5.41, 5.74) is 0.990. The van der Waals surface area contributed by atoms with Crippen molar-refractivity contribution in [3.63, 3.8) is 0 Å². The number of amides is 1. The molecule has 0 aliphatic rings. The number of carbonyl (C=O) groups is 2. The molecule has 2 rings (SSSR count). The lowest BCUT2D eigenvalue weighted by atomic mass is 10.2. The van der Waals surface area contributed by atoms with Crippen LogP contribution in [0.1, 0.15) is 30.1 Å². The maximum absolute atomic E-state index is 12.0. The smallest absolute Gasteiger partial charge is 0.337 e. The van der Waals surface area contributed by atoms with E-state index in [4.69, 9.17) is 9.47 Å². The zero-order chi connectivity index (χ0) is 18.8. The van der Waals surface area contributed by atoms with E-state index < -0.39 is 5.97 Å². The molecular weight excluding hydrogens is 334 g/mol. The average Bonchev–Trinajstić information content (AvgIpc) is 2.67. The number of unbranched alkanes of at least 4 members (excludes halogenated alkanes) is 1. The molecule has 6 heteroatoms. The number of esters is 1. The maximum Gasteiger partial charge on any atom is 0.337 e. The monoisotopic (exact) mass is 357 g/mol. The van der Waals surface area contributed by atoms with Crippen LogP contribution in [0.2, 0.25) is 0 Å². The summed E-state index contributed by atoms with van der Waals surface area (Å²) in [5, 5.41) is 2.71. The van der Waals surface area contributed by atoms with Gasteiger partial charge in [0.05, 0.1) is 19.3 Å². The van der Waals surface area contributed by atoms with Gasteiger partial charge in [0, 0.05) is 11.8 Å². The van der Waals surface area contributed by atoms with Crippen LogP contribution in [0.15, 0.2) is 48.5 Å². The van der Waals surface area contributed by atoms with Gasteiger partial charge in [-0.15, -0.1) is 0 Å². The van der Waals surface area contributed by atoms with Gasteiger partial charge in [0.2, 0.25) is 0 Å². The zero-order valence-electron chi connectivity index (χ0n) is 15.0. The Morgan fingerprint density at radius 2 is 1.69 bits per heavy atom.